The fraction of sp³-hybridized carbons (Fsp3) is 0.643. The molecule has 3 heterocycles. The van der Waals surface area contributed by atoms with E-state index in [1.54, 1.807) is 32.7 Å². The Kier molecular flexibility index (Phi) is 8.77. The standard InChI is InChI=1S/C28H38N6O6S/c1-28(2,3)38-27(37)31-22(25(35)33-11-5-6-18(33)14-29)16-32-15-19-13-24(32)26(36)34(19)23-10-7-17-12-20(8-9-21(17)23)41-40-39-30-4/h8-9,12,18-19,22-24,30H,5-7,10-11,13,15-16H2,1-4H3,(H,31,37)/t18-,19-,22-,23+,24-/m0/s1. The van der Waals surface area contributed by atoms with Crippen LogP contribution in [0.1, 0.15) is 63.6 Å². The van der Waals surface area contributed by atoms with Gasteiger partial charge in [-0.15, -0.1) is 9.32 Å². The summed E-state index contributed by atoms with van der Waals surface area (Å²) < 4.78 is 10.5. The smallest absolute Gasteiger partial charge is 0.408 e. The number of hydrogen-bond donors (Lipinski definition) is 2. The number of fused-ring (bicyclic) bond motifs is 3. The molecule has 0 aromatic heterocycles. The highest BCUT2D eigenvalue weighted by molar-refractivity contribution is 7.94. The molecule has 0 saturated carbocycles. The molecule has 0 unspecified atom stereocenters. The Morgan fingerprint density at radius 3 is 2.76 bits per heavy atom. The fourth-order valence-corrected chi connectivity index (χ4v) is 7.03. The van der Waals surface area contributed by atoms with Crippen LogP contribution in [0.2, 0.25) is 0 Å². The largest absolute Gasteiger partial charge is 0.444 e. The van der Waals surface area contributed by atoms with Crippen LogP contribution in [0.5, 0.6) is 0 Å². The van der Waals surface area contributed by atoms with Gasteiger partial charge in [-0.1, -0.05) is 6.07 Å². The van der Waals surface area contributed by atoms with Gasteiger partial charge >= 0.3 is 6.09 Å². The van der Waals surface area contributed by atoms with Gasteiger partial charge in [0, 0.05) is 37.6 Å². The third kappa shape index (κ3) is 6.32. The summed E-state index contributed by atoms with van der Waals surface area (Å²) in [6.45, 7) is 6.55. The third-order valence-corrected chi connectivity index (χ3v) is 8.73. The average molecular weight is 587 g/mol. The van der Waals surface area contributed by atoms with Gasteiger partial charge in [0.1, 0.15) is 17.7 Å². The lowest BCUT2D eigenvalue weighted by atomic mass is 10.1. The first kappa shape index (κ1) is 29.6. The Balaban J connectivity index is 1.27. The lowest BCUT2D eigenvalue weighted by molar-refractivity contribution is -0.237. The summed E-state index contributed by atoms with van der Waals surface area (Å²) in [5.41, 5.74) is 4.09. The number of benzene rings is 1. The first-order valence-electron chi connectivity index (χ1n) is 14.1. The number of likely N-dealkylation sites (tertiary alicyclic amines) is 3. The summed E-state index contributed by atoms with van der Waals surface area (Å²) in [5.74, 6) is -0.252. The van der Waals surface area contributed by atoms with Crippen LogP contribution in [0.4, 0.5) is 4.79 Å². The van der Waals surface area contributed by atoms with Crippen molar-refractivity contribution in [1.29, 1.82) is 5.26 Å². The zero-order valence-electron chi connectivity index (χ0n) is 23.9. The Labute approximate surface area is 244 Å². The minimum atomic E-state index is -0.920. The maximum atomic E-state index is 13.7. The molecule has 3 saturated heterocycles. The van der Waals surface area contributed by atoms with E-state index in [9.17, 15) is 19.6 Å². The van der Waals surface area contributed by atoms with E-state index in [-0.39, 0.29) is 36.5 Å². The molecule has 3 aliphatic heterocycles. The zero-order chi connectivity index (χ0) is 29.3. The van der Waals surface area contributed by atoms with Crippen LogP contribution in [0.25, 0.3) is 0 Å². The van der Waals surface area contributed by atoms with Crippen LogP contribution in [-0.4, -0.2) is 89.1 Å². The number of carbonyl (C=O) groups is 3. The Morgan fingerprint density at radius 1 is 1.24 bits per heavy atom. The second-order valence-electron chi connectivity index (χ2n) is 12.0. The van der Waals surface area contributed by atoms with E-state index >= 15 is 0 Å². The molecular weight excluding hydrogens is 548 g/mol. The normalized spacial score (nSPS) is 26.3. The average Bonchev–Trinajstić information content (AvgIpc) is 3.70. The van der Waals surface area contributed by atoms with Crippen LogP contribution >= 0.6 is 12.0 Å². The van der Waals surface area contributed by atoms with Crippen LogP contribution < -0.4 is 10.8 Å². The van der Waals surface area contributed by atoms with Gasteiger partial charge in [0.2, 0.25) is 11.8 Å². The number of nitrogens with one attached hydrogen (secondary N) is 2. The first-order valence-corrected chi connectivity index (χ1v) is 14.9. The maximum absolute atomic E-state index is 13.7. The Bertz CT molecular complexity index is 1220. The van der Waals surface area contributed by atoms with Crippen molar-refractivity contribution in [2.75, 3.05) is 26.7 Å². The summed E-state index contributed by atoms with van der Waals surface area (Å²) in [5, 5.41) is 12.3. The van der Waals surface area contributed by atoms with Crippen molar-refractivity contribution in [3.05, 3.63) is 29.3 Å². The van der Waals surface area contributed by atoms with Crippen LogP contribution in [-0.2, 0) is 30.1 Å². The number of ether oxygens (including phenoxy) is 1. The molecule has 12 nitrogen and oxygen atoms in total. The zero-order valence-corrected chi connectivity index (χ0v) is 24.7. The number of rotatable bonds is 9. The van der Waals surface area contributed by atoms with Crippen molar-refractivity contribution in [1.82, 2.24) is 25.5 Å². The third-order valence-electron chi connectivity index (χ3n) is 8.15. The number of nitrogens with zero attached hydrogens (tertiary/aromatic N) is 4. The van der Waals surface area contributed by atoms with Gasteiger partial charge in [-0.3, -0.25) is 14.5 Å². The number of aryl methyl sites for hydroxylation is 1. The van der Waals surface area contributed by atoms with Crippen molar-refractivity contribution >= 4 is 30.0 Å². The lowest BCUT2D eigenvalue weighted by Crippen LogP contribution is -2.59. The fourth-order valence-electron chi connectivity index (χ4n) is 6.54. The maximum Gasteiger partial charge on any atom is 0.408 e. The van der Waals surface area contributed by atoms with Crippen molar-refractivity contribution in [3.8, 4) is 6.07 Å². The van der Waals surface area contributed by atoms with E-state index in [4.69, 9.17) is 14.1 Å². The van der Waals surface area contributed by atoms with E-state index in [1.165, 1.54) is 5.56 Å². The predicted molar refractivity (Wildman–Crippen MR) is 149 cm³/mol. The second-order valence-corrected chi connectivity index (χ2v) is 12.8. The topological polar surface area (TPSA) is 136 Å². The number of nitriles is 1. The van der Waals surface area contributed by atoms with Crippen LogP contribution in [0, 0.1) is 11.3 Å². The molecule has 5 atom stereocenters. The number of carbonyl (C=O) groups excluding carboxylic acids is 3. The summed E-state index contributed by atoms with van der Waals surface area (Å²) >= 11 is 1.12. The molecule has 13 heteroatoms. The van der Waals surface area contributed by atoms with Gasteiger partial charge in [0.15, 0.2) is 0 Å². The SMILES string of the molecule is CNOOSc1ccc2c(c1)CC[C@H]2N1C(=O)[C@@H]2C[C@H]1CN2C[C@H](NC(=O)OC(C)(C)C)C(=O)N1CCC[C@H]1C#N. The number of amides is 3. The molecular formula is C28H38N6O6S. The van der Waals surface area contributed by atoms with Gasteiger partial charge in [-0.25, -0.2) is 4.79 Å². The van der Waals surface area contributed by atoms with Crippen molar-refractivity contribution in [2.24, 2.45) is 0 Å². The van der Waals surface area contributed by atoms with Crippen molar-refractivity contribution in [3.63, 3.8) is 0 Å². The van der Waals surface area contributed by atoms with E-state index in [2.05, 4.69) is 29.0 Å². The van der Waals surface area contributed by atoms with Gasteiger partial charge < -0.3 is 19.9 Å². The second kappa shape index (κ2) is 12.1. The van der Waals surface area contributed by atoms with Crippen molar-refractivity contribution in [2.45, 2.75) is 93.6 Å². The molecule has 4 aliphatic rings. The highest BCUT2D eigenvalue weighted by atomic mass is 32.2. The molecule has 3 amide bonds. The molecule has 2 bridgehead atoms. The van der Waals surface area contributed by atoms with Gasteiger partial charge in [0.05, 0.1) is 30.2 Å². The molecule has 3 fully saturated rings. The lowest BCUT2D eigenvalue weighted by Gasteiger charge is -2.39. The minimum absolute atomic E-state index is 0.0153. The van der Waals surface area contributed by atoms with Crippen LogP contribution in [0.3, 0.4) is 0 Å². The van der Waals surface area contributed by atoms with Gasteiger partial charge in [-0.05, 0) is 76.1 Å². The summed E-state index contributed by atoms with van der Waals surface area (Å²) in [6.07, 6.45) is 3.08. The summed E-state index contributed by atoms with van der Waals surface area (Å²) in [6, 6.07) is 6.57. The Hall–Kier alpha value is -2.89. The van der Waals surface area contributed by atoms with Crippen LogP contribution in [0.15, 0.2) is 23.1 Å². The Morgan fingerprint density at radius 2 is 2.05 bits per heavy atom. The molecule has 1 aromatic carbocycles. The van der Waals surface area contributed by atoms with Gasteiger partial charge in [-0.2, -0.15) is 10.7 Å². The van der Waals surface area contributed by atoms with E-state index < -0.39 is 23.8 Å². The molecule has 5 rings (SSSR count). The monoisotopic (exact) mass is 586 g/mol. The summed E-state index contributed by atoms with van der Waals surface area (Å²) in [4.78, 5) is 51.2. The quantitative estimate of drug-likeness (QED) is 0.192. The van der Waals surface area contributed by atoms with E-state index in [0.29, 0.717) is 25.9 Å². The highest BCUT2D eigenvalue weighted by Crippen LogP contribution is 2.44. The predicted octanol–water partition coefficient (Wildman–Crippen LogP) is 2.46. The molecule has 222 valence electrons. The number of hydrogen-bond acceptors (Lipinski definition) is 10. The summed E-state index contributed by atoms with van der Waals surface area (Å²) in [7, 11) is 1.61. The molecule has 0 spiro atoms. The first-order chi connectivity index (χ1) is 19.6. The molecule has 2 N–H and O–H groups in total. The number of hydroxylamine groups is 1. The van der Waals surface area contributed by atoms with Gasteiger partial charge in [0.25, 0.3) is 0 Å². The molecule has 1 aromatic rings. The number of piperazine rings is 1. The molecule has 41 heavy (non-hydrogen) atoms. The van der Waals surface area contributed by atoms with E-state index in [1.807, 2.05) is 15.9 Å². The minimum Gasteiger partial charge on any atom is -0.444 e. The molecule has 0 radical (unpaired) electrons. The highest BCUT2D eigenvalue weighted by Gasteiger charge is 2.53. The van der Waals surface area contributed by atoms with E-state index in [0.717, 1.165) is 41.8 Å². The van der Waals surface area contributed by atoms with Crippen molar-refractivity contribution < 1.29 is 28.4 Å². The molecule has 1 aliphatic carbocycles. The number of alkyl carbamates (subject to hydrolysis) is 1.